The van der Waals surface area contributed by atoms with E-state index >= 15 is 0 Å². The number of hydrogen-bond acceptors (Lipinski definition) is 5. The third-order valence-corrected chi connectivity index (χ3v) is 8.74. The lowest BCUT2D eigenvalue weighted by Crippen LogP contribution is -2.42. The summed E-state index contributed by atoms with van der Waals surface area (Å²) in [6.07, 6.45) is 3.80. The van der Waals surface area contributed by atoms with Crippen LogP contribution in [0, 0.1) is 17.7 Å². The van der Waals surface area contributed by atoms with Gasteiger partial charge in [0.05, 0.1) is 36.9 Å². The predicted molar refractivity (Wildman–Crippen MR) is 151 cm³/mol. The summed E-state index contributed by atoms with van der Waals surface area (Å²) in [7, 11) is 2.84. The van der Waals surface area contributed by atoms with E-state index in [9.17, 15) is 19.1 Å². The van der Waals surface area contributed by atoms with Gasteiger partial charge >= 0.3 is 12.1 Å². The molecule has 0 bridgehead atoms. The summed E-state index contributed by atoms with van der Waals surface area (Å²) < 4.78 is 27.5. The van der Waals surface area contributed by atoms with Crippen LogP contribution in [0.25, 0.3) is 11.0 Å². The van der Waals surface area contributed by atoms with Crippen molar-refractivity contribution in [1.29, 1.82) is 0 Å². The topological polar surface area (TPSA) is 93.9 Å². The van der Waals surface area contributed by atoms with Crippen molar-refractivity contribution in [3.8, 4) is 5.75 Å². The summed E-state index contributed by atoms with van der Waals surface area (Å²) in [5, 5.41) is 9.60. The van der Waals surface area contributed by atoms with E-state index in [2.05, 4.69) is 18.4 Å². The Kier molecular flexibility index (Phi) is 7.75. The van der Waals surface area contributed by atoms with Crippen molar-refractivity contribution in [2.24, 2.45) is 11.8 Å². The number of benzene rings is 2. The first kappa shape index (κ1) is 27.9. The van der Waals surface area contributed by atoms with Crippen LogP contribution in [0.4, 0.5) is 14.9 Å². The van der Waals surface area contributed by atoms with Crippen LogP contribution in [0.5, 0.6) is 5.75 Å². The van der Waals surface area contributed by atoms with Crippen molar-refractivity contribution >= 4 is 28.8 Å². The summed E-state index contributed by atoms with van der Waals surface area (Å²) in [6.45, 7) is 6.23. The van der Waals surface area contributed by atoms with Crippen LogP contribution in [-0.2, 0) is 16.0 Å². The van der Waals surface area contributed by atoms with Gasteiger partial charge in [-0.2, -0.15) is 0 Å². The molecule has 2 heterocycles. The zero-order valence-corrected chi connectivity index (χ0v) is 23.8. The molecule has 2 aromatic carbocycles. The number of amides is 1. The lowest BCUT2D eigenvalue weighted by atomic mass is 9.84. The lowest BCUT2D eigenvalue weighted by Gasteiger charge is -2.34. The number of aliphatic carboxylic acids is 1. The van der Waals surface area contributed by atoms with Crippen LogP contribution < -0.4 is 9.64 Å². The molecule has 214 valence electrons. The van der Waals surface area contributed by atoms with Crippen LogP contribution in [0.3, 0.4) is 0 Å². The summed E-state index contributed by atoms with van der Waals surface area (Å²) in [5.41, 5.74) is 4.42. The normalized spacial score (nSPS) is 21.8. The first-order valence-corrected chi connectivity index (χ1v) is 14.1. The molecule has 1 aliphatic carbocycles. The van der Waals surface area contributed by atoms with Gasteiger partial charge in [0.2, 0.25) is 0 Å². The number of carbonyl (C=O) groups excluding carboxylic acids is 1. The molecule has 1 saturated carbocycles. The average molecular weight is 552 g/mol. The number of aromatic nitrogens is 2. The molecule has 0 radical (unpaired) electrons. The minimum atomic E-state index is -0.742. The van der Waals surface area contributed by atoms with Crippen LogP contribution in [0.1, 0.15) is 81.8 Å². The maximum atomic E-state index is 14.9. The van der Waals surface area contributed by atoms with Crippen molar-refractivity contribution < 1.29 is 28.6 Å². The number of carboxylic acid groups (broad SMARTS) is 1. The monoisotopic (exact) mass is 551 g/mol. The maximum Gasteiger partial charge on any atom is 0.414 e. The number of methoxy groups -OCH3 is 2. The number of carboxylic acids is 1. The fraction of sp³-hybridized carbons (Fsp3) is 0.516. The van der Waals surface area contributed by atoms with Crippen LogP contribution >= 0.6 is 0 Å². The summed E-state index contributed by atoms with van der Waals surface area (Å²) in [4.78, 5) is 31.4. The molecule has 0 saturated heterocycles. The maximum absolute atomic E-state index is 14.9. The molecule has 40 heavy (non-hydrogen) atoms. The number of nitrogens with zero attached hydrogens (tertiary/aromatic N) is 3. The minimum Gasteiger partial charge on any atom is -0.494 e. The molecular weight excluding hydrogens is 513 g/mol. The zero-order chi connectivity index (χ0) is 28.7. The number of aryl methyl sites for hydroxylation is 1. The van der Waals surface area contributed by atoms with Gasteiger partial charge in [0.15, 0.2) is 11.6 Å². The molecule has 2 atom stereocenters. The third kappa shape index (κ3) is 4.80. The number of halogens is 1. The van der Waals surface area contributed by atoms with E-state index in [1.54, 1.807) is 11.0 Å². The number of rotatable bonds is 6. The molecule has 5 rings (SSSR count). The number of carbonyl (C=O) groups is 2. The van der Waals surface area contributed by atoms with E-state index in [4.69, 9.17) is 14.5 Å². The second-order valence-electron chi connectivity index (χ2n) is 11.5. The Labute approximate surface area is 234 Å². The van der Waals surface area contributed by atoms with Crippen molar-refractivity contribution in [1.82, 2.24) is 9.55 Å². The van der Waals surface area contributed by atoms with E-state index in [0.29, 0.717) is 12.8 Å². The molecule has 1 fully saturated rings. The molecule has 2 aliphatic rings. The van der Waals surface area contributed by atoms with Crippen molar-refractivity contribution in [3.63, 3.8) is 0 Å². The van der Waals surface area contributed by atoms with Crippen molar-refractivity contribution in [2.45, 2.75) is 77.3 Å². The predicted octanol–water partition coefficient (Wildman–Crippen LogP) is 6.70. The van der Waals surface area contributed by atoms with Gasteiger partial charge in [-0.05, 0) is 81.2 Å². The van der Waals surface area contributed by atoms with Gasteiger partial charge in [-0.15, -0.1) is 0 Å². The molecule has 3 aromatic rings. The highest BCUT2D eigenvalue weighted by Gasteiger charge is 2.36. The molecular formula is C31H38FN3O5. The van der Waals surface area contributed by atoms with Gasteiger partial charge in [0, 0.05) is 23.6 Å². The fourth-order valence-corrected chi connectivity index (χ4v) is 6.69. The Balaban J connectivity index is 1.71. The van der Waals surface area contributed by atoms with E-state index in [1.165, 1.54) is 20.3 Å². The second-order valence-corrected chi connectivity index (χ2v) is 11.5. The molecule has 8 nitrogen and oxygen atoms in total. The van der Waals surface area contributed by atoms with Crippen LogP contribution in [0.2, 0.25) is 0 Å². The molecule has 0 spiro atoms. The highest BCUT2D eigenvalue weighted by atomic mass is 19.1. The lowest BCUT2D eigenvalue weighted by molar-refractivity contribution is -0.143. The Morgan fingerprint density at radius 2 is 1.80 bits per heavy atom. The Morgan fingerprint density at radius 1 is 1.07 bits per heavy atom. The van der Waals surface area contributed by atoms with Crippen molar-refractivity contribution in [2.75, 3.05) is 19.1 Å². The molecule has 1 N–H and O–H groups in total. The molecule has 1 aromatic heterocycles. The van der Waals surface area contributed by atoms with E-state index in [0.717, 1.165) is 59.4 Å². The van der Waals surface area contributed by atoms with Gasteiger partial charge in [0.1, 0.15) is 5.82 Å². The first-order chi connectivity index (χ1) is 19.2. The highest BCUT2D eigenvalue weighted by molar-refractivity contribution is 5.95. The summed E-state index contributed by atoms with van der Waals surface area (Å²) in [5.74, 6) is -0.581. The van der Waals surface area contributed by atoms with Crippen molar-refractivity contribution in [3.05, 3.63) is 53.1 Å². The Bertz CT molecular complexity index is 1430. The standard InChI is InChI=1S/C31H38FN3O5/c1-17(2)27(20-9-15-26(39-4)23(32)16-20)29-33-28-22-12-6-18(3)34(31(38)40-5)24(22)13-14-25(28)35(29)21-10-7-19(8-11-21)30(36)37/h9,13-19,21,27H,6-8,10-12H2,1-5H3,(H,36,37)/t18-,19?,21?,27-/m0/s1. The Morgan fingerprint density at radius 3 is 2.40 bits per heavy atom. The molecule has 1 aliphatic heterocycles. The van der Waals surface area contributed by atoms with Gasteiger partial charge in [-0.1, -0.05) is 19.9 Å². The highest BCUT2D eigenvalue weighted by Crippen LogP contribution is 2.44. The molecule has 1 amide bonds. The number of ether oxygens (including phenoxy) is 2. The average Bonchev–Trinajstić information content (AvgIpc) is 3.31. The van der Waals surface area contributed by atoms with E-state index in [-0.39, 0.29) is 35.6 Å². The number of fused-ring (bicyclic) bond motifs is 3. The van der Waals surface area contributed by atoms with Gasteiger partial charge in [-0.25, -0.2) is 14.2 Å². The first-order valence-electron chi connectivity index (χ1n) is 14.1. The molecule has 9 heteroatoms. The van der Waals surface area contributed by atoms with Crippen LogP contribution in [0.15, 0.2) is 30.3 Å². The van der Waals surface area contributed by atoms with Gasteiger partial charge in [-0.3, -0.25) is 9.69 Å². The molecule has 0 unspecified atom stereocenters. The minimum absolute atomic E-state index is 0.00376. The number of imidazole rings is 1. The smallest absolute Gasteiger partial charge is 0.414 e. The van der Waals surface area contributed by atoms with Gasteiger partial charge in [0.25, 0.3) is 0 Å². The summed E-state index contributed by atoms with van der Waals surface area (Å²) >= 11 is 0. The van der Waals surface area contributed by atoms with Crippen LogP contribution in [-0.4, -0.2) is 47.0 Å². The largest absolute Gasteiger partial charge is 0.494 e. The van der Waals surface area contributed by atoms with E-state index in [1.807, 2.05) is 25.1 Å². The number of hydrogen-bond donors (Lipinski definition) is 1. The third-order valence-electron chi connectivity index (χ3n) is 8.74. The quantitative estimate of drug-likeness (QED) is 0.367. The zero-order valence-electron chi connectivity index (χ0n) is 23.8. The Hall–Kier alpha value is -3.62. The SMILES string of the molecule is COC(=O)N1c2ccc3c(nc([C@H](c4ccc(OC)c(F)c4)C(C)C)n3C3CCC(C(=O)O)CC3)c2CC[C@@H]1C. The number of anilines is 1. The summed E-state index contributed by atoms with van der Waals surface area (Å²) in [6, 6.07) is 9.15. The van der Waals surface area contributed by atoms with E-state index < -0.39 is 17.9 Å². The second kappa shape index (κ2) is 11.1. The fourth-order valence-electron chi connectivity index (χ4n) is 6.69. The van der Waals surface area contributed by atoms with Gasteiger partial charge < -0.3 is 19.1 Å².